The molecule has 0 aromatic carbocycles. The van der Waals surface area contributed by atoms with Gasteiger partial charge in [0.2, 0.25) is 0 Å². The summed E-state index contributed by atoms with van der Waals surface area (Å²) in [7, 11) is -3.39. The van der Waals surface area contributed by atoms with Crippen molar-refractivity contribution in [2.75, 3.05) is 0 Å². The third-order valence-electron chi connectivity index (χ3n) is 0.374. The van der Waals surface area contributed by atoms with Crippen LogP contribution in [0.25, 0.3) is 0 Å². The number of halogens is 2. The van der Waals surface area contributed by atoms with Crippen LogP contribution in [0.3, 0.4) is 0 Å². The summed E-state index contributed by atoms with van der Waals surface area (Å²) in [5.74, 6) is 1.93. The molecule has 1 rings (SSSR count). The van der Waals surface area contributed by atoms with Gasteiger partial charge in [-0.25, -0.2) is 0 Å². The largest absolute Gasteiger partial charge is 0.445 e. The highest BCUT2D eigenvalue weighted by Crippen LogP contribution is 2.77. The first-order valence-electron chi connectivity index (χ1n) is 1.19. The van der Waals surface area contributed by atoms with E-state index in [4.69, 9.17) is 0 Å². The number of rotatable bonds is 0. The van der Waals surface area contributed by atoms with Crippen LogP contribution in [0.15, 0.2) is 11.6 Å². The van der Waals surface area contributed by atoms with E-state index in [9.17, 15) is 8.39 Å². The summed E-state index contributed by atoms with van der Waals surface area (Å²) in [5, 5.41) is 0. The van der Waals surface area contributed by atoms with Crippen LogP contribution in [-0.2, 0) is 0 Å². The van der Waals surface area contributed by atoms with E-state index in [2.05, 4.69) is 0 Å². The molecule has 0 spiro atoms. The average Bonchev–Trinajstić information content (AvgIpc) is 1.76. The smallest absolute Gasteiger partial charge is 0.0120 e. The van der Waals surface area contributed by atoms with E-state index in [0.29, 0.717) is 0 Å². The van der Waals surface area contributed by atoms with Crippen LogP contribution in [0.2, 0.25) is 0 Å². The van der Waals surface area contributed by atoms with E-state index < -0.39 is 7.88 Å². The predicted molar refractivity (Wildman–Crippen MR) is 18.3 cm³/mol. The maximum absolute atomic E-state index is 11.1. The molecular formula is C2H2F2P+. The van der Waals surface area contributed by atoms with Gasteiger partial charge in [0, 0.05) is 0 Å². The van der Waals surface area contributed by atoms with Gasteiger partial charge in [-0.2, -0.15) is 0 Å². The van der Waals surface area contributed by atoms with Gasteiger partial charge in [-0.1, -0.05) is 0 Å². The molecule has 0 fully saturated rings. The fourth-order valence-electron chi connectivity index (χ4n) is 0.0504. The third-order valence-corrected chi connectivity index (χ3v) is 1.12. The Balaban J connectivity index is 2.47. The highest BCUT2D eigenvalue weighted by molar-refractivity contribution is 7.78. The van der Waals surface area contributed by atoms with Gasteiger partial charge in [-0.3, -0.25) is 0 Å². The second kappa shape index (κ2) is 0.574. The molecule has 0 aromatic rings. The molecule has 0 atom stereocenters. The van der Waals surface area contributed by atoms with Crippen LogP contribution < -0.4 is 0 Å². The summed E-state index contributed by atoms with van der Waals surface area (Å²) in [6.07, 6.45) is 0. The van der Waals surface area contributed by atoms with E-state index >= 15 is 0 Å². The van der Waals surface area contributed by atoms with Crippen LogP contribution in [-0.4, -0.2) is 0 Å². The van der Waals surface area contributed by atoms with Gasteiger partial charge in [-0.15, -0.1) is 0 Å². The minimum atomic E-state index is -3.39. The SMILES string of the molecule is F[P+]1(F)C=C1. The molecule has 0 radical (unpaired) electrons. The van der Waals surface area contributed by atoms with Crippen molar-refractivity contribution >= 4 is 7.88 Å². The minimum absolute atomic E-state index is 0.965. The minimum Gasteiger partial charge on any atom is -0.0120 e. The molecular weight excluding hydrogens is 93.0 g/mol. The van der Waals surface area contributed by atoms with Crippen molar-refractivity contribution in [3.8, 4) is 0 Å². The second-order valence-corrected chi connectivity index (χ2v) is 2.70. The monoisotopic (exact) mass is 95.0 g/mol. The zero-order valence-corrected chi connectivity index (χ0v) is 3.25. The van der Waals surface area contributed by atoms with Crippen LogP contribution in [0.4, 0.5) is 8.39 Å². The van der Waals surface area contributed by atoms with Crippen molar-refractivity contribution in [1.82, 2.24) is 0 Å². The first kappa shape index (κ1) is 3.23. The van der Waals surface area contributed by atoms with Crippen molar-refractivity contribution in [2.24, 2.45) is 0 Å². The molecule has 28 valence electrons. The van der Waals surface area contributed by atoms with E-state index in [0.717, 1.165) is 11.6 Å². The van der Waals surface area contributed by atoms with Crippen molar-refractivity contribution in [3.05, 3.63) is 11.6 Å². The summed E-state index contributed by atoms with van der Waals surface area (Å²) in [6, 6.07) is 0. The van der Waals surface area contributed by atoms with E-state index in [1.54, 1.807) is 0 Å². The highest BCUT2D eigenvalue weighted by Gasteiger charge is 2.49. The molecule has 0 nitrogen and oxygen atoms in total. The number of hydrogen-bond acceptors (Lipinski definition) is 0. The normalized spacial score (nSPS) is 26.8. The summed E-state index contributed by atoms with van der Waals surface area (Å²) in [4.78, 5) is 0. The lowest BCUT2D eigenvalue weighted by Gasteiger charge is -1.61. The molecule has 0 aromatic heterocycles. The molecule has 5 heavy (non-hydrogen) atoms. The topological polar surface area (TPSA) is 0 Å². The first-order chi connectivity index (χ1) is 2.21. The molecule has 0 unspecified atom stereocenters. The van der Waals surface area contributed by atoms with Crippen molar-refractivity contribution < 1.29 is 8.39 Å². The van der Waals surface area contributed by atoms with E-state index in [1.165, 1.54) is 0 Å². The highest BCUT2D eigenvalue weighted by atomic mass is 31.2. The summed E-state index contributed by atoms with van der Waals surface area (Å²) in [5.41, 5.74) is 0. The molecule has 3 heteroatoms. The third kappa shape index (κ3) is 0.656. The van der Waals surface area contributed by atoms with Crippen LogP contribution >= 0.6 is 7.88 Å². The molecule has 0 bridgehead atoms. The Bertz CT molecular complexity index is 67.7. The fraction of sp³-hybridized carbons (Fsp3) is 0. The van der Waals surface area contributed by atoms with Crippen LogP contribution in [0, 0.1) is 0 Å². The molecule has 1 aliphatic rings. The summed E-state index contributed by atoms with van der Waals surface area (Å²) < 4.78 is 22.3. The fourth-order valence-corrected chi connectivity index (χ4v) is 0.454. The Morgan fingerprint density at radius 1 is 1.20 bits per heavy atom. The Kier molecular flexibility index (Phi) is 0.371. The molecule has 0 aliphatic carbocycles. The predicted octanol–water partition coefficient (Wildman–Crippen LogP) is 2.26. The second-order valence-electron chi connectivity index (χ2n) is 0.901. The van der Waals surface area contributed by atoms with E-state index in [-0.39, 0.29) is 0 Å². The molecule has 0 N–H and O–H groups in total. The van der Waals surface area contributed by atoms with Gasteiger partial charge >= 0.3 is 7.88 Å². The maximum atomic E-state index is 11.1. The maximum Gasteiger partial charge on any atom is 0.445 e. The van der Waals surface area contributed by atoms with Gasteiger partial charge in [0.1, 0.15) is 0 Å². The summed E-state index contributed by atoms with van der Waals surface area (Å²) in [6.45, 7) is 0. The summed E-state index contributed by atoms with van der Waals surface area (Å²) >= 11 is 0. The molecule has 0 saturated carbocycles. The Morgan fingerprint density at radius 2 is 1.40 bits per heavy atom. The molecule has 0 saturated heterocycles. The van der Waals surface area contributed by atoms with Gasteiger partial charge in [0.25, 0.3) is 0 Å². The van der Waals surface area contributed by atoms with Gasteiger partial charge in [0.15, 0.2) is 11.6 Å². The van der Waals surface area contributed by atoms with Crippen molar-refractivity contribution in [3.63, 3.8) is 0 Å². The van der Waals surface area contributed by atoms with Gasteiger partial charge in [-0.05, 0) is 8.39 Å². The standard InChI is InChI=1S/C2H2F2P/c3-5(4)1-2-5/h1-2H/q+1. The zero-order chi connectivity index (χ0) is 3.91. The molecule has 0 amide bonds. The van der Waals surface area contributed by atoms with Crippen LogP contribution in [0.5, 0.6) is 0 Å². The molecule has 1 aliphatic heterocycles. The Labute approximate surface area is 29.1 Å². The lowest BCUT2D eigenvalue weighted by atomic mass is 11.3. The van der Waals surface area contributed by atoms with Crippen molar-refractivity contribution in [1.29, 1.82) is 0 Å². The quantitative estimate of drug-likeness (QED) is 0.405. The van der Waals surface area contributed by atoms with Crippen molar-refractivity contribution in [2.45, 2.75) is 0 Å². The van der Waals surface area contributed by atoms with Crippen LogP contribution in [0.1, 0.15) is 0 Å². The first-order valence-corrected chi connectivity index (χ1v) is 2.90. The Hall–Kier alpha value is 0.0300. The van der Waals surface area contributed by atoms with Gasteiger partial charge in [0.05, 0.1) is 0 Å². The zero-order valence-electron chi connectivity index (χ0n) is 2.36. The lowest BCUT2D eigenvalue weighted by Crippen LogP contribution is -1.26. The lowest BCUT2D eigenvalue weighted by molar-refractivity contribution is 0.752. The Morgan fingerprint density at radius 3 is 1.40 bits per heavy atom. The van der Waals surface area contributed by atoms with E-state index in [1.807, 2.05) is 0 Å². The molecule has 1 heterocycles. The number of hydrogen-bond donors (Lipinski definition) is 0. The average molecular weight is 95.0 g/mol. The van der Waals surface area contributed by atoms with Gasteiger partial charge < -0.3 is 0 Å².